The number of imidazole rings is 1. The third-order valence-electron chi connectivity index (χ3n) is 1.55. The van der Waals surface area contributed by atoms with Crippen LogP contribution in [0.2, 0.25) is 0 Å². The number of methoxy groups -OCH3 is 1. The van der Waals surface area contributed by atoms with Gasteiger partial charge in [-0.15, -0.1) is 0 Å². The molecule has 0 spiro atoms. The molecule has 0 aliphatic heterocycles. The second-order valence-corrected chi connectivity index (χ2v) is 2.36. The number of nitrogens with zero attached hydrogens (tertiary/aromatic N) is 3. The maximum Gasteiger partial charge on any atom is 0.159 e. The van der Waals surface area contributed by atoms with Crippen LogP contribution in [0.1, 0.15) is 0 Å². The van der Waals surface area contributed by atoms with Crippen LogP contribution in [0.25, 0.3) is 5.65 Å². The van der Waals surface area contributed by atoms with Crippen LogP contribution in [0, 0.1) is 0 Å². The van der Waals surface area contributed by atoms with E-state index in [1.54, 1.807) is 30.1 Å². The van der Waals surface area contributed by atoms with Crippen LogP contribution in [0.3, 0.4) is 0 Å². The molecule has 0 bridgehead atoms. The number of nitrogen functional groups attached to an aromatic ring is 1. The van der Waals surface area contributed by atoms with Crippen molar-refractivity contribution in [3.05, 3.63) is 18.5 Å². The summed E-state index contributed by atoms with van der Waals surface area (Å²) in [6.07, 6.45) is 3.25. The van der Waals surface area contributed by atoms with Crippen LogP contribution in [0.4, 0.5) is 5.82 Å². The first-order valence-electron chi connectivity index (χ1n) is 3.44. The Morgan fingerprint density at radius 3 is 3.17 bits per heavy atom. The number of aromatic nitrogens is 3. The summed E-state index contributed by atoms with van der Waals surface area (Å²) < 4.78 is 6.57. The minimum absolute atomic E-state index is 0.454. The van der Waals surface area contributed by atoms with Gasteiger partial charge in [0.2, 0.25) is 0 Å². The maximum atomic E-state index is 5.47. The van der Waals surface area contributed by atoms with Crippen molar-refractivity contribution in [2.24, 2.45) is 0 Å². The van der Waals surface area contributed by atoms with Crippen molar-refractivity contribution in [3.63, 3.8) is 0 Å². The number of rotatable bonds is 1. The molecule has 2 N–H and O–H groups in total. The van der Waals surface area contributed by atoms with Gasteiger partial charge in [0.05, 0.1) is 19.5 Å². The van der Waals surface area contributed by atoms with Crippen LogP contribution in [-0.2, 0) is 0 Å². The molecular formula is C7H8N4O. The second-order valence-electron chi connectivity index (χ2n) is 2.36. The fraction of sp³-hybridized carbons (Fsp3) is 0.143. The standard InChI is InChI=1S/C7H8N4O/c1-12-5-2-7-10-6(8)4-11(7)9-3-5/h2-4H,8H2,1H3. The molecule has 5 heteroatoms. The van der Waals surface area contributed by atoms with E-state index in [4.69, 9.17) is 10.5 Å². The Morgan fingerprint density at radius 1 is 1.58 bits per heavy atom. The number of anilines is 1. The van der Waals surface area contributed by atoms with E-state index < -0.39 is 0 Å². The molecule has 0 atom stereocenters. The summed E-state index contributed by atoms with van der Waals surface area (Å²) in [6.45, 7) is 0. The van der Waals surface area contributed by atoms with Crippen molar-refractivity contribution in [2.45, 2.75) is 0 Å². The van der Waals surface area contributed by atoms with Gasteiger partial charge in [-0.25, -0.2) is 9.50 Å². The monoisotopic (exact) mass is 164 g/mol. The van der Waals surface area contributed by atoms with Gasteiger partial charge in [0.25, 0.3) is 0 Å². The molecule has 62 valence electrons. The molecule has 2 heterocycles. The van der Waals surface area contributed by atoms with E-state index in [2.05, 4.69) is 10.1 Å². The zero-order valence-corrected chi connectivity index (χ0v) is 6.56. The first-order chi connectivity index (χ1) is 5.79. The number of hydrogen-bond acceptors (Lipinski definition) is 4. The molecule has 2 aromatic heterocycles. The Labute approximate surface area is 68.8 Å². The van der Waals surface area contributed by atoms with Crippen LogP contribution in [0.5, 0.6) is 5.75 Å². The topological polar surface area (TPSA) is 65.4 Å². The van der Waals surface area contributed by atoms with Crippen LogP contribution in [0.15, 0.2) is 18.5 Å². The zero-order chi connectivity index (χ0) is 8.55. The fourth-order valence-electron chi connectivity index (χ4n) is 0.990. The molecule has 2 rings (SSSR count). The van der Waals surface area contributed by atoms with Gasteiger partial charge in [-0.2, -0.15) is 5.10 Å². The van der Waals surface area contributed by atoms with Crippen molar-refractivity contribution in [1.82, 2.24) is 14.6 Å². The highest BCUT2D eigenvalue weighted by atomic mass is 16.5. The average molecular weight is 164 g/mol. The predicted octanol–water partition coefficient (Wildman–Crippen LogP) is 0.320. The zero-order valence-electron chi connectivity index (χ0n) is 6.56. The van der Waals surface area contributed by atoms with Gasteiger partial charge in [0, 0.05) is 6.07 Å². The SMILES string of the molecule is COc1cnn2cc(N)nc2c1. The van der Waals surface area contributed by atoms with Gasteiger partial charge in [0.15, 0.2) is 5.65 Å². The average Bonchev–Trinajstić information content (AvgIpc) is 2.43. The molecule has 2 aromatic rings. The second kappa shape index (κ2) is 2.37. The molecule has 0 fully saturated rings. The van der Waals surface area contributed by atoms with Gasteiger partial charge in [-0.3, -0.25) is 0 Å². The van der Waals surface area contributed by atoms with Gasteiger partial charge in [-0.05, 0) is 0 Å². The summed E-state index contributed by atoms with van der Waals surface area (Å²) in [4.78, 5) is 4.02. The highest BCUT2D eigenvalue weighted by Crippen LogP contribution is 2.11. The van der Waals surface area contributed by atoms with Crippen molar-refractivity contribution in [1.29, 1.82) is 0 Å². The Balaban J connectivity index is 2.66. The molecule has 0 radical (unpaired) electrons. The van der Waals surface area contributed by atoms with E-state index in [0.29, 0.717) is 17.2 Å². The Bertz CT molecular complexity index is 409. The first-order valence-corrected chi connectivity index (χ1v) is 3.44. The largest absolute Gasteiger partial charge is 0.495 e. The van der Waals surface area contributed by atoms with E-state index >= 15 is 0 Å². The molecule has 0 aliphatic carbocycles. The number of ether oxygens (including phenoxy) is 1. The third-order valence-corrected chi connectivity index (χ3v) is 1.55. The van der Waals surface area contributed by atoms with Crippen LogP contribution < -0.4 is 10.5 Å². The Kier molecular flexibility index (Phi) is 1.36. The fourth-order valence-corrected chi connectivity index (χ4v) is 0.990. The molecule has 0 aromatic carbocycles. The summed E-state index contributed by atoms with van der Waals surface area (Å²) >= 11 is 0. The highest BCUT2D eigenvalue weighted by molar-refractivity contribution is 5.48. The molecule has 12 heavy (non-hydrogen) atoms. The number of hydrogen-bond donors (Lipinski definition) is 1. The summed E-state index contributed by atoms with van der Waals surface area (Å²) in [6, 6.07) is 1.77. The molecule has 0 aliphatic rings. The van der Waals surface area contributed by atoms with Gasteiger partial charge < -0.3 is 10.5 Å². The highest BCUT2D eigenvalue weighted by Gasteiger charge is 1.99. The van der Waals surface area contributed by atoms with Crippen molar-refractivity contribution in [3.8, 4) is 5.75 Å². The molecular weight excluding hydrogens is 156 g/mol. The normalized spacial score (nSPS) is 10.4. The van der Waals surface area contributed by atoms with Gasteiger partial charge >= 0.3 is 0 Å². The lowest BCUT2D eigenvalue weighted by Crippen LogP contribution is -1.91. The van der Waals surface area contributed by atoms with Gasteiger partial charge in [0.1, 0.15) is 11.6 Å². The van der Waals surface area contributed by atoms with E-state index in [1.165, 1.54) is 0 Å². The summed E-state index contributed by atoms with van der Waals surface area (Å²) in [5, 5.41) is 4.02. The number of nitrogens with two attached hydrogens (primary N) is 1. The molecule has 5 nitrogen and oxygen atoms in total. The van der Waals surface area contributed by atoms with Gasteiger partial charge in [-0.1, -0.05) is 0 Å². The first kappa shape index (κ1) is 6.90. The maximum absolute atomic E-state index is 5.47. The quantitative estimate of drug-likeness (QED) is 0.659. The third kappa shape index (κ3) is 0.952. The molecule has 0 saturated heterocycles. The molecule has 0 amide bonds. The van der Waals surface area contributed by atoms with E-state index in [-0.39, 0.29) is 0 Å². The van der Waals surface area contributed by atoms with E-state index in [1.807, 2.05) is 0 Å². The lowest BCUT2D eigenvalue weighted by atomic mass is 10.5. The van der Waals surface area contributed by atoms with Crippen molar-refractivity contribution >= 4 is 11.5 Å². The Morgan fingerprint density at radius 2 is 2.42 bits per heavy atom. The number of fused-ring (bicyclic) bond motifs is 1. The Hall–Kier alpha value is -1.78. The summed E-state index contributed by atoms with van der Waals surface area (Å²) in [5.41, 5.74) is 6.16. The van der Waals surface area contributed by atoms with Crippen molar-refractivity contribution in [2.75, 3.05) is 12.8 Å². The van der Waals surface area contributed by atoms with Crippen LogP contribution in [-0.4, -0.2) is 21.7 Å². The van der Waals surface area contributed by atoms with Crippen LogP contribution >= 0.6 is 0 Å². The predicted molar refractivity (Wildman–Crippen MR) is 44.0 cm³/mol. The summed E-state index contributed by atoms with van der Waals surface area (Å²) in [7, 11) is 1.58. The van der Waals surface area contributed by atoms with Crippen molar-refractivity contribution < 1.29 is 4.74 Å². The summed E-state index contributed by atoms with van der Waals surface area (Å²) in [5.74, 6) is 1.13. The minimum atomic E-state index is 0.454. The lowest BCUT2D eigenvalue weighted by Gasteiger charge is -1.97. The van der Waals surface area contributed by atoms with E-state index in [0.717, 1.165) is 0 Å². The van der Waals surface area contributed by atoms with E-state index in [9.17, 15) is 0 Å². The lowest BCUT2D eigenvalue weighted by molar-refractivity contribution is 0.411. The minimum Gasteiger partial charge on any atom is -0.495 e. The smallest absolute Gasteiger partial charge is 0.159 e. The molecule has 0 unspecified atom stereocenters. The molecule has 0 saturated carbocycles.